The number of rotatable bonds is 2. The first-order valence-electron chi connectivity index (χ1n) is 9.06. The number of fused-ring (bicyclic) bond motifs is 3. The molecular formula is C21H20N2O3. The molecule has 1 spiro atoms. The molecule has 0 aromatic heterocycles. The van der Waals surface area contributed by atoms with E-state index in [9.17, 15) is 9.59 Å². The summed E-state index contributed by atoms with van der Waals surface area (Å²) in [5.41, 5.74) is 4.67. The predicted octanol–water partition coefficient (Wildman–Crippen LogP) is 2.90. The number of carbonyl (C=O) groups is 2. The third kappa shape index (κ3) is 2.30. The van der Waals surface area contributed by atoms with Gasteiger partial charge in [-0.1, -0.05) is 48.5 Å². The number of nitrogens with one attached hydrogen (secondary N) is 1. The van der Waals surface area contributed by atoms with E-state index in [2.05, 4.69) is 29.6 Å². The summed E-state index contributed by atoms with van der Waals surface area (Å²) in [7, 11) is 0. The Balaban J connectivity index is 1.28. The molecule has 0 radical (unpaired) electrons. The van der Waals surface area contributed by atoms with Gasteiger partial charge in [-0.2, -0.15) is 0 Å². The van der Waals surface area contributed by atoms with Crippen LogP contribution in [0.3, 0.4) is 0 Å². The van der Waals surface area contributed by atoms with Crippen LogP contribution in [0.5, 0.6) is 0 Å². The van der Waals surface area contributed by atoms with Gasteiger partial charge in [0, 0.05) is 25.4 Å². The number of benzene rings is 2. The monoisotopic (exact) mass is 348 g/mol. The predicted molar refractivity (Wildman–Crippen MR) is 96.7 cm³/mol. The van der Waals surface area contributed by atoms with Gasteiger partial charge in [-0.15, -0.1) is 0 Å². The fourth-order valence-corrected chi connectivity index (χ4v) is 4.51. The lowest BCUT2D eigenvalue weighted by molar-refractivity contribution is -0.120. The van der Waals surface area contributed by atoms with E-state index in [4.69, 9.17) is 4.74 Å². The van der Waals surface area contributed by atoms with Crippen LogP contribution in [-0.4, -0.2) is 42.1 Å². The highest BCUT2D eigenvalue weighted by Crippen LogP contribution is 2.44. The van der Waals surface area contributed by atoms with Gasteiger partial charge in [0.25, 0.3) is 0 Å². The van der Waals surface area contributed by atoms with Gasteiger partial charge in [-0.3, -0.25) is 4.79 Å². The highest BCUT2D eigenvalue weighted by Gasteiger charge is 2.50. The van der Waals surface area contributed by atoms with Crippen LogP contribution in [0.1, 0.15) is 29.9 Å². The highest BCUT2D eigenvalue weighted by molar-refractivity contribution is 5.81. The molecule has 1 aliphatic carbocycles. The first kappa shape index (κ1) is 15.4. The zero-order valence-electron chi connectivity index (χ0n) is 14.4. The molecule has 0 bridgehead atoms. The van der Waals surface area contributed by atoms with Gasteiger partial charge in [-0.25, -0.2) is 4.79 Å². The Labute approximate surface area is 152 Å². The van der Waals surface area contributed by atoms with Gasteiger partial charge >= 0.3 is 6.09 Å². The molecule has 2 fully saturated rings. The minimum atomic E-state index is -0.293. The standard InChI is InChI=1S/C21H20N2O3/c24-19-9-10-21(22-19)12-23(13-21)20(25)26-11-18-16-7-3-1-5-14(16)15-6-2-4-8-17(15)18/h1-8,18H,9-13H2,(H,22,24). The second kappa shape index (κ2) is 5.59. The number of carbonyl (C=O) groups excluding carboxylic acids is 2. The molecule has 0 atom stereocenters. The van der Waals surface area contributed by atoms with Gasteiger partial charge in [0.2, 0.25) is 5.91 Å². The van der Waals surface area contributed by atoms with Gasteiger partial charge in [0.05, 0.1) is 5.54 Å². The molecule has 2 heterocycles. The van der Waals surface area contributed by atoms with Crippen LogP contribution < -0.4 is 5.32 Å². The molecule has 5 rings (SSSR count). The number of ether oxygens (including phenoxy) is 1. The van der Waals surface area contributed by atoms with Crippen LogP contribution in [0.25, 0.3) is 11.1 Å². The molecule has 3 aliphatic rings. The summed E-state index contributed by atoms with van der Waals surface area (Å²) < 4.78 is 5.65. The zero-order valence-corrected chi connectivity index (χ0v) is 14.4. The normalized spacial score (nSPS) is 19.7. The van der Waals surface area contributed by atoms with Crippen molar-refractivity contribution in [3.8, 4) is 11.1 Å². The third-order valence-corrected chi connectivity index (χ3v) is 5.82. The van der Waals surface area contributed by atoms with Gasteiger partial charge in [0.1, 0.15) is 6.61 Å². The third-order valence-electron chi connectivity index (χ3n) is 5.82. The molecule has 0 unspecified atom stereocenters. The highest BCUT2D eigenvalue weighted by atomic mass is 16.6. The second-order valence-corrected chi connectivity index (χ2v) is 7.49. The molecular weight excluding hydrogens is 328 g/mol. The second-order valence-electron chi connectivity index (χ2n) is 7.49. The molecule has 0 saturated carbocycles. The maximum Gasteiger partial charge on any atom is 0.409 e. The average Bonchev–Trinajstić information content (AvgIpc) is 3.17. The number of nitrogens with zero attached hydrogens (tertiary/aromatic N) is 1. The molecule has 26 heavy (non-hydrogen) atoms. The maximum absolute atomic E-state index is 12.4. The smallest absolute Gasteiger partial charge is 0.409 e. The van der Waals surface area contributed by atoms with Crippen LogP contribution in [0.15, 0.2) is 48.5 Å². The first-order chi connectivity index (χ1) is 12.7. The number of hydrogen-bond donors (Lipinski definition) is 1. The van der Waals surface area contributed by atoms with E-state index in [1.165, 1.54) is 22.3 Å². The molecule has 2 aliphatic heterocycles. The van der Waals surface area contributed by atoms with Crippen molar-refractivity contribution in [3.63, 3.8) is 0 Å². The van der Waals surface area contributed by atoms with Crippen LogP contribution in [0.4, 0.5) is 4.79 Å². The van der Waals surface area contributed by atoms with E-state index in [0.717, 1.165) is 6.42 Å². The van der Waals surface area contributed by atoms with Crippen molar-refractivity contribution >= 4 is 12.0 Å². The molecule has 2 aromatic rings. The Morgan fingerprint density at radius 1 is 1.08 bits per heavy atom. The summed E-state index contributed by atoms with van der Waals surface area (Å²) in [4.78, 5) is 25.5. The Morgan fingerprint density at radius 3 is 2.27 bits per heavy atom. The molecule has 132 valence electrons. The van der Waals surface area contributed by atoms with Crippen LogP contribution in [-0.2, 0) is 9.53 Å². The minimum Gasteiger partial charge on any atom is -0.448 e. The van der Waals surface area contributed by atoms with Crippen LogP contribution in [0, 0.1) is 0 Å². The zero-order chi connectivity index (χ0) is 17.7. The Morgan fingerprint density at radius 2 is 1.69 bits per heavy atom. The molecule has 5 nitrogen and oxygen atoms in total. The van der Waals surface area contributed by atoms with Crippen molar-refractivity contribution in [2.24, 2.45) is 0 Å². The van der Waals surface area contributed by atoms with Crippen molar-refractivity contribution in [2.75, 3.05) is 19.7 Å². The van der Waals surface area contributed by atoms with E-state index in [0.29, 0.717) is 26.1 Å². The fraction of sp³-hybridized carbons (Fsp3) is 0.333. The van der Waals surface area contributed by atoms with E-state index >= 15 is 0 Å². The van der Waals surface area contributed by atoms with Crippen LogP contribution in [0.2, 0.25) is 0 Å². The van der Waals surface area contributed by atoms with Crippen molar-refractivity contribution < 1.29 is 14.3 Å². The summed E-state index contributed by atoms with van der Waals surface area (Å²) in [6, 6.07) is 16.6. The molecule has 2 saturated heterocycles. The van der Waals surface area contributed by atoms with Crippen molar-refractivity contribution in [1.29, 1.82) is 0 Å². The van der Waals surface area contributed by atoms with Gasteiger partial charge < -0.3 is 15.0 Å². The van der Waals surface area contributed by atoms with Gasteiger partial charge in [-0.05, 0) is 28.7 Å². The van der Waals surface area contributed by atoms with Gasteiger partial charge in [0.15, 0.2) is 0 Å². The molecule has 1 N–H and O–H groups in total. The topological polar surface area (TPSA) is 58.6 Å². The van der Waals surface area contributed by atoms with Crippen molar-refractivity contribution in [1.82, 2.24) is 10.2 Å². The van der Waals surface area contributed by atoms with E-state index in [-0.39, 0.29) is 23.5 Å². The lowest BCUT2D eigenvalue weighted by Gasteiger charge is -2.46. The molecule has 2 aromatic carbocycles. The molecule has 2 amide bonds. The SMILES string of the molecule is O=C1CCC2(CN(C(=O)OCC3c4ccccc4-c4ccccc43)C2)N1. The first-order valence-corrected chi connectivity index (χ1v) is 9.06. The fourth-order valence-electron chi connectivity index (χ4n) is 4.51. The quantitative estimate of drug-likeness (QED) is 0.908. The lowest BCUT2D eigenvalue weighted by atomic mass is 9.89. The number of likely N-dealkylation sites (tertiary alicyclic amines) is 1. The van der Waals surface area contributed by atoms with Crippen molar-refractivity contribution in [2.45, 2.75) is 24.3 Å². The summed E-state index contributed by atoms with van der Waals surface area (Å²) in [5, 5.41) is 2.99. The Bertz CT molecular complexity index is 856. The maximum atomic E-state index is 12.4. The number of hydrogen-bond acceptors (Lipinski definition) is 3. The summed E-state index contributed by atoms with van der Waals surface area (Å²) in [6.45, 7) is 1.44. The Hall–Kier alpha value is -2.82. The summed E-state index contributed by atoms with van der Waals surface area (Å²) >= 11 is 0. The Kier molecular flexibility index (Phi) is 3.32. The number of amides is 2. The van der Waals surface area contributed by atoms with Crippen molar-refractivity contribution in [3.05, 3.63) is 59.7 Å². The van der Waals surface area contributed by atoms with Crippen LogP contribution >= 0.6 is 0 Å². The summed E-state index contributed by atoms with van der Waals surface area (Å²) in [5.74, 6) is 0.157. The van der Waals surface area contributed by atoms with E-state index < -0.39 is 0 Å². The largest absolute Gasteiger partial charge is 0.448 e. The van der Waals surface area contributed by atoms with E-state index in [1.807, 2.05) is 24.3 Å². The lowest BCUT2D eigenvalue weighted by Crippen LogP contribution is -2.68. The average molecular weight is 348 g/mol. The summed E-state index contributed by atoms with van der Waals surface area (Å²) in [6.07, 6.45) is 1.07. The minimum absolute atomic E-state index is 0.0766. The molecule has 5 heteroatoms. The van der Waals surface area contributed by atoms with E-state index in [1.54, 1.807) is 4.90 Å².